The Kier molecular flexibility index (Phi) is 10.8. The molecule has 28 heavy (non-hydrogen) atoms. The molecule has 0 bridgehead atoms. The summed E-state index contributed by atoms with van der Waals surface area (Å²) in [4.78, 5) is 6.71. The van der Waals surface area contributed by atoms with Crippen LogP contribution in [0.4, 0.5) is 4.39 Å². The summed E-state index contributed by atoms with van der Waals surface area (Å²) in [6, 6.07) is 14.6. The lowest BCUT2D eigenvalue weighted by Crippen LogP contribution is -2.41. The van der Waals surface area contributed by atoms with E-state index in [1.165, 1.54) is 6.07 Å². The largest absolute Gasteiger partial charge is 0.497 e. The molecule has 1 unspecified atom stereocenters. The van der Waals surface area contributed by atoms with E-state index in [2.05, 4.69) is 20.5 Å². The number of nitrogens with zero attached hydrogens (tertiary/aromatic N) is 2. The van der Waals surface area contributed by atoms with Crippen LogP contribution in [0.5, 0.6) is 5.75 Å². The molecule has 2 aromatic carbocycles. The van der Waals surface area contributed by atoms with Gasteiger partial charge in [0.1, 0.15) is 11.6 Å². The van der Waals surface area contributed by atoms with Crippen molar-refractivity contribution < 1.29 is 9.13 Å². The van der Waals surface area contributed by atoms with Gasteiger partial charge in [0.25, 0.3) is 0 Å². The zero-order chi connectivity index (χ0) is 19.6. The SMILES string of the molecule is CCNC(=NCc1cccc(OC)c1)NCC(c1cccc(F)c1)N(C)C.I. The second-order valence-corrected chi connectivity index (χ2v) is 6.46. The van der Waals surface area contributed by atoms with Crippen LogP contribution >= 0.6 is 24.0 Å². The maximum absolute atomic E-state index is 13.6. The van der Waals surface area contributed by atoms with Crippen LogP contribution in [0, 0.1) is 5.82 Å². The molecule has 154 valence electrons. The number of guanidine groups is 1. The quantitative estimate of drug-likeness (QED) is 0.329. The fourth-order valence-corrected chi connectivity index (χ4v) is 2.79. The Morgan fingerprint density at radius 3 is 2.54 bits per heavy atom. The molecule has 0 saturated heterocycles. The van der Waals surface area contributed by atoms with Crippen molar-refractivity contribution in [1.82, 2.24) is 15.5 Å². The van der Waals surface area contributed by atoms with Crippen molar-refractivity contribution in [2.24, 2.45) is 4.99 Å². The van der Waals surface area contributed by atoms with Gasteiger partial charge in [0.05, 0.1) is 19.7 Å². The minimum absolute atomic E-state index is 0. The van der Waals surface area contributed by atoms with Crippen molar-refractivity contribution >= 4 is 29.9 Å². The molecule has 0 aliphatic heterocycles. The van der Waals surface area contributed by atoms with Crippen molar-refractivity contribution in [3.63, 3.8) is 0 Å². The summed E-state index contributed by atoms with van der Waals surface area (Å²) in [6.45, 7) is 3.94. The van der Waals surface area contributed by atoms with Crippen molar-refractivity contribution in [3.8, 4) is 5.75 Å². The minimum atomic E-state index is -0.224. The van der Waals surface area contributed by atoms with E-state index in [-0.39, 0.29) is 35.8 Å². The molecule has 0 radical (unpaired) electrons. The van der Waals surface area contributed by atoms with Crippen LogP contribution in [0.2, 0.25) is 0 Å². The summed E-state index contributed by atoms with van der Waals surface area (Å²) in [6.07, 6.45) is 0. The van der Waals surface area contributed by atoms with Gasteiger partial charge in [-0.1, -0.05) is 24.3 Å². The maximum Gasteiger partial charge on any atom is 0.191 e. The molecule has 0 amide bonds. The third kappa shape index (κ3) is 7.63. The van der Waals surface area contributed by atoms with E-state index in [0.717, 1.165) is 29.4 Å². The predicted molar refractivity (Wildman–Crippen MR) is 124 cm³/mol. The summed E-state index contributed by atoms with van der Waals surface area (Å²) in [5, 5.41) is 6.62. The van der Waals surface area contributed by atoms with Crippen LogP contribution in [0.15, 0.2) is 53.5 Å². The summed E-state index contributed by atoms with van der Waals surface area (Å²) in [5.41, 5.74) is 2.00. The lowest BCUT2D eigenvalue weighted by Gasteiger charge is -2.26. The van der Waals surface area contributed by atoms with E-state index >= 15 is 0 Å². The number of hydrogen-bond donors (Lipinski definition) is 2. The van der Waals surface area contributed by atoms with E-state index in [9.17, 15) is 4.39 Å². The average Bonchev–Trinajstić information content (AvgIpc) is 2.66. The second-order valence-electron chi connectivity index (χ2n) is 6.46. The highest BCUT2D eigenvalue weighted by atomic mass is 127. The number of likely N-dealkylation sites (N-methyl/N-ethyl adjacent to an activating group) is 1. The Labute approximate surface area is 184 Å². The molecule has 0 aromatic heterocycles. The number of aliphatic imine (C=N–C) groups is 1. The van der Waals surface area contributed by atoms with E-state index in [4.69, 9.17) is 4.74 Å². The average molecular weight is 500 g/mol. The van der Waals surface area contributed by atoms with Crippen molar-refractivity contribution in [2.45, 2.75) is 19.5 Å². The lowest BCUT2D eigenvalue weighted by molar-refractivity contribution is 0.297. The van der Waals surface area contributed by atoms with Gasteiger partial charge in [0.2, 0.25) is 0 Å². The fourth-order valence-electron chi connectivity index (χ4n) is 2.79. The Bertz CT molecular complexity index is 755. The number of methoxy groups -OCH3 is 1. The molecule has 0 fully saturated rings. The van der Waals surface area contributed by atoms with Gasteiger partial charge >= 0.3 is 0 Å². The van der Waals surface area contributed by atoms with Gasteiger partial charge in [-0.15, -0.1) is 24.0 Å². The first kappa shape index (κ1) is 24.2. The van der Waals surface area contributed by atoms with Crippen LogP contribution < -0.4 is 15.4 Å². The van der Waals surface area contributed by atoms with E-state index in [1.54, 1.807) is 19.2 Å². The predicted octanol–water partition coefficient (Wildman–Crippen LogP) is 3.81. The van der Waals surface area contributed by atoms with Gasteiger partial charge in [-0.05, 0) is 56.4 Å². The van der Waals surface area contributed by atoms with Crippen LogP contribution in [-0.2, 0) is 6.54 Å². The summed E-state index contributed by atoms with van der Waals surface area (Å²) in [5.74, 6) is 1.32. The van der Waals surface area contributed by atoms with Gasteiger partial charge < -0.3 is 20.3 Å². The number of halogens is 2. The third-order valence-corrected chi connectivity index (χ3v) is 4.22. The summed E-state index contributed by atoms with van der Waals surface area (Å²) in [7, 11) is 5.62. The van der Waals surface area contributed by atoms with Gasteiger partial charge in [0.15, 0.2) is 5.96 Å². The zero-order valence-corrected chi connectivity index (χ0v) is 19.2. The topological polar surface area (TPSA) is 48.9 Å². The number of rotatable bonds is 8. The molecule has 2 aromatic rings. The van der Waals surface area contributed by atoms with Crippen LogP contribution in [-0.4, -0.2) is 45.2 Å². The molecule has 1 atom stereocenters. The molecule has 7 heteroatoms. The van der Waals surface area contributed by atoms with Gasteiger partial charge in [-0.3, -0.25) is 0 Å². The lowest BCUT2D eigenvalue weighted by atomic mass is 10.1. The molecule has 0 aliphatic carbocycles. The van der Waals surface area contributed by atoms with Crippen molar-refractivity contribution in [3.05, 3.63) is 65.5 Å². The van der Waals surface area contributed by atoms with Crippen LogP contribution in [0.3, 0.4) is 0 Å². The van der Waals surface area contributed by atoms with E-state index < -0.39 is 0 Å². The number of nitrogens with one attached hydrogen (secondary N) is 2. The Hall–Kier alpha value is -1.87. The molecule has 0 aliphatic rings. The normalized spacial score (nSPS) is 12.3. The Morgan fingerprint density at radius 1 is 1.14 bits per heavy atom. The number of ether oxygens (including phenoxy) is 1. The summed E-state index contributed by atoms with van der Waals surface area (Å²) >= 11 is 0. The van der Waals surface area contributed by atoms with Crippen molar-refractivity contribution in [2.75, 3.05) is 34.3 Å². The second kappa shape index (κ2) is 12.6. The molecule has 2 N–H and O–H groups in total. The highest BCUT2D eigenvalue weighted by Crippen LogP contribution is 2.18. The molecule has 5 nitrogen and oxygen atoms in total. The molecule has 0 heterocycles. The standard InChI is InChI=1S/C21H29FN4O.HI/c1-5-23-21(24-14-16-8-6-11-19(12-16)27-4)25-15-20(26(2)3)17-9-7-10-18(22)13-17;/h6-13,20H,5,14-15H2,1-4H3,(H2,23,24,25);1H. The highest BCUT2D eigenvalue weighted by Gasteiger charge is 2.15. The Morgan fingerprint density at radius 2 is 1.89 bits per heavy atom. The highest BCUT2D eigenvalue weighted by molar-refractivity contribution is 14.0. The van der Waals surface area contributed by atoms with Gasteiger partial charge in [-0.25, -0.2) is 9.38 Å². The number of hydrogen-bond acceptors (Lipinski definition) is 3. The fraction of sp³-hybridized carbons (Fsp3) is 0.381. The van der Waals surface area contributed by atoms with Crippen LogP contribution in [0.25, 0.3) is 0 Å². The minimum Gasteiger partial charge on any atom is -0.497 e. The summed E-state index contributed by atoms with van der Waals surface area (Å²) < 4.78 is 18.9. The molecular weight excluding hydrogens is 470 g/mol. The zero-order valence-electron chi connectivity index (χ0n) is 16.9. The first-order valence-corrected chi connectivity index (χ1v) is 9.10. The molecule has 0 spiro atoms. The third-order valence-electron chi connectivity index (χ3n) is 4.22. The monoisotopic (exact) mass is 500 g/mol. The smallest absolute Gasteiger partial charge is 0.191 e. The Balaban J connectivity index is 0.00000392. The number of benzene rings is 2. The molecule has 2 rings (SSSR count). The molecular formula is C21H30FIN4O. The molecule has 0 saturated carbocycles. The van der Waals surface area contributed by atoms with Crippen molar-refractivity contribution in [1.29, 1.82) is 0 Å². The van der Waals surface area contributed by atoms with Crippen LogP contribution in [0.1, 0.15) is 24.1 Å². The van der Waals surface area contributed by atoms with E-state index in [0.29, 0.717) is 13.1 Å². The maximum atomic E-state index is 13.6. The van der Waals surface area contributed by atoms with E-state index in [1.807, 2.05) is 51.4 Å². The van der Waals surface area contributed by atoms with Gasteiger partial charge in [0, 0.05) is 13.1 Å². The first-order chi connectivity index (χ1) is 13.0. The first-order valence-electron chi connectivity index (χ1n) is 9.10. The van der Waals surface area contributed by atoms with Gasteiger partial charge in [-0.2, -0.15) is 0 Å².